The Hall–Kier alpha value is -1.56. The maximum Gasteiger partial charge on any atom is 0.416 e. The lowest BCUT2D eigenvalue weighted by molar-refractivity contribution is -0.138. The Morgan fingerprint density at radius 3 is 2.78 bits per heavy atom. The van der Waals surface area contributed by atoms with Crippen molar-refractivity contribution < 1.29 is 18.0 Å². The molecule has 1 aromatic carbocycles. The molecule has 0 spiro atoms. The van der Waals surface area contributed by atoms with Crippen LogP contribution in [0.2, 0.25) is 0 Å². The van der Waals surface area contributed by atoms with Crippen molar-refractivity contribution in [2.24, 2.45) is 5.92 Å². The van der Waals surface area contributed by atoms with E-state index in [9.17, 15) is 18.0 Å². The van der Waals surface area contributed by atoms with E-state index in [1.165, 1.54) is 6.07 Å². The van der Waals surface area contributed by atoms with E-state index >= 15 is 0 Å². The highest BCUT2D eigenvalue weighted by Gasteiger charge is 2.33. The van der Waals surface area contributed by atoms with Gasteiger partial charge in [-0.3, -0.25) is 9.69 Å². The largest absolute Gasteiger partial charge is 0.416 e. The highest BCUT2D eigenvalue weighted by atomic mass is 19.4. The van der Waals surface area contributed by atoms with Gasteiger partial charge in [0, 0.05) is 13.6 Å². The number of piperidine rings is 1. The number of hydrogen-bond donors (Lipinski definition) is 1. The molecule has 0 unspecified atom stereocenters. The van der Waals surface area contributed by atoms with Crippen LogP contribution in [-0.4, -0.2) is 37.5 Å². The van der Waals surface area contributed by atoms with Gasteiger partial charge in [-0.05, 0) is 49.8 Å². The summed E-state index contributed by atoms with van der Waals surface area (Å²) in [6.07, 6.45) is -1.15. The molecule has 1 fully saturated rings. The molecule has 6 heteroatoms. The van der Waals surface area contributed by atoms with Gasteiger partial charge in [-0.1, -0.05) is 18.2 Å². The Morgan fingerprint density at radius 2 is 2.09 bits per heavy atom. The summed E-state index contributed by atoms with van der Waals surface area (Å²) in [5.74, 6) is 0.322. The minimum Gasteiger partial charge on any atom is -0.358 e. The summed E-state index contributed by atoms with van der Waals surface area (Å²) in [6.45, 7) is 2.02. The number of carbonyl (C=O) groups is 1. The smallest absolute Gasteiger partial charge is 0.358 e. The third kappa shape index (κ3) is 5.23. The number of amides is 1. The van der Waals surface area contributed by atoms with Crippen molar-refractivity contribution in [3.05, 3.63) is 35.4 Å². The van der Waals surface area contributed by atoms with Crippen LogP contribution in [0.15, 0.2) is 24.3 Å². The molecule has 1 heterocycles. The summed E-state index contributed by atoms with van der Waals surface area (Å²) >= 11 is 0. The Kier molecular flexibility index (Phi) is 6.04. The van der Waals surface area contributed by atoms with Crippen LogP contribution in [0.3, 0.4) is 0 Å². The predicted octanol–water partition coefficient (Wildman–Crippen LogP) is 3.10. The molecule has 1 atom stereocenters. The van der Waals surface area contributed by atoms with Crippen molar-refractivity contribution in [3.8, 4) is 0 Å². The van der Waals surface area contributed by atoms with Gasteiger partial charge in [-0.25, -0.2) is 0 Å². The Labute approximate surface area is 134 Å². The first kappa shape index (κ1) is 17.8. The normalized spacial score (nSPS) is 19.6. The zero-order valence-electron chi connectivity index (χ0n) is 13.3. The van der Waals surface area contributed by atoms with Gasteiger partial charge in [-0.2, -0.15) is 13.2 Å². The van der Waals surface area contributed by atoms with Crippen LogP contribution in [0.5, 0.6) is 0 Å². The number of rotatable bonds is 5. The Balaban J connectivity index is 1.92. The van der Waals surface area contributed by atoms with Crippen LogP contribution < -0.4 is 5.32 Å². The third-order valence-electron chi connectivity index (χ3n) is 4.39. The second-order valence-corrected chi connectivity index (χ2v) is 6.11. The topological polar surface area (TPSA) is 32.3 Å². The zero-order valence-corrected chi connectivity index (χ0v) is 13.3. The van der Waals surface area contributed by atoms with E-state index in [0.717, 1.165) is 38.4 Å². The molecule has 1 aromatic rings. The molecule has 0 bridgehead atoms. The summed E-state index contributed by atoms with van der Waals surface area (Å²) < 4.78 is 39.0. The summed E-state index contributed by atoms with van der Waals surface area (Å²) in [5, 5.41) is 2.60. The van der Waals surface area contributed by atoms with Crippen molar-refractivity contribution in [1.82, 2.24) is 10.2 Å². The van der Waals surface area contributed by atoms with Crippen LogP contribution in [-0.2, 0) is 17.4 Å². The van der Waals surface area contributed by atoms with Gasteiger partial charge in [0.05, 0.1) is 12.1 Å². The van der Waals surface area contributed by atoms with Crippen molar-refractivity contribution in [1.29, 1.82) is 0 Å². The number of likely N-dealkylation sites (tertiary alicyclic amines) is 1. The molecule has 23 heavy (non-hydrogen) atoms. The monoisotopic (exact) mass is 328 g/mol. The number of nitrogens with one attached hydrogen (secondary N) is 1. The third-order valence-corrected chi connectivity index (χ3v) is 4.39. The van der Waals surface area contributed by atoms with Gasteiger partial charge in [0.1, 0.15) is 0 Å². The SMILES string of the molecule is CNC(=O)CN1CCC[C@@H](CCc2ccccc2C(F)(F)F)C1. The average Bonchev–Trinajstić information content (AvgIpc) is 2.52. The second-order valence-electron chi connectivity index (χ2n) is 6.11. The van der Waals surface area contributed by atoms with E-state index in [1.54, 1.807) is 19.2 Å². The molecule has 0 saturated carbocycles. The molecule has 1 aliphatic heterocycles. The Morgan fingerprint density at radius 1 is 1.35 bits per heavy atom. The maximum atomic E-state index is 13.0. The van der Waals surface area contributed by atoms with E-state index in [1.807, 2.05) is 0 Å². The van der Waals surface area contributed by atoms with E-state index < -0.39 is 11.7 Å². The number of halogens is 3. The highest BCUT2D eigenvalue weighted by Crippen LogP contribution is 2.33. The van der Waals surface area contributed by atoms with E-state index in [0.29, 0.717) is 24.4 Å². The number of likely N-dealkylation sites (N-methyl/N-ethyl adjacent to an activating group) is 1. The molecule has 1 amide bonds. The fourth-order valence-electron chi connectivity index (χ4n) is 3.19. The highest BCUT2D eigenvalue weighted by molar-refractivity contribution is 5.77. The molecular weight excluding hydrogens is 305 g/mol. The first-order valence-electron chi connectivity index (χ1n) is 7.98. The standard InChI is InChI=1S/C17H23F3N2O/c1-21-16(23)12-22-10-4-5-13(11-22)8-9-14-6-2-3-7-15(14)17(18,19)20/h2-3,6-7,13H,4-5,8-12H2,1H3,(H,21,23)/t13-/m0/s1. The summed E-state index contributed by atoms with van der Waals surface area (Å²) in [6, 6.07) is 5.80. The van der Waals surface area contributed by atoms with E-state index in [-0.39, 0.29) is 5.91 Å². The van der Waals surface area contributed by atoms with Gasteiger partial charge in [0.25, 0.3) is 0 Å². The van der Waals surface area contributed by atoms with Gasteiger partial charge < -0.3 is 5.32 Å². The minimum atomic E-state index is -4.30. The average molecular weight is 328 g/mol. The van der Waals surface area contributed by atoms with Crippen molar-refractivity contribution in [3.63, 3.8) is 0 Å². The van der Waals surface area contributed by atoms with Crippen molar-refractivity contribution in [2.45, 2.75) is 31.9 Å². The summed E-state index contributed by atoms with van der Waals surface area (Å²) in [7, 11) is 1.61. The molecule has 128 valence electrons. The van der Waals surface area contributed by atoms with Crippen molar-refractivity contribution in [2.75, 3.05) is 26.7 Å². The maximum absolute atomic E-state index is 13.0. The first-order valence-corrected chi connectivity index (χ1v) is 7.98. The van der Waals surface area contributed by atoms with Gasteiger partial charge in [-0.15, -0.1) is 0 Å². The number of carbonyl (C=O) groups excluding carboxylic acids is 1. The number of aryl methyl sites for hydroxylation is 1. The first-order chi connectivity index (χ1) is 10.9. The van der Waals surface area contributed by atoms with Gasteiger partial charge in [0.15, 0.2) is 0 Å². The molecule has 2 rings (SSSR count). The summed E-state index contributed by atoms with van der Waals surface area (Å²) in [4.78, 5) is 13.5. The van der Waals surface area contributed by atoms with Gasteiger partial charge >= 0.3 is 6.18 Å². The quantitative estimate of drug-likeness (QED) is 0.901. The van der Waals surface area contributed by atoms with Gasteiger partial charge in [0.2, 0.25) is 5.91 Å². The molecule has 0 aliphatic carbocycles. The second kappa shape index (κ2) is 7.81. The molecular formula is C17H23F3N2O. The van der Waals surface area contributed by atoms with Crippen LogP contribution in [0, 0.1) is 5.92 Å². The lowest BCUT2D eigenvalue weighted by atomic mass is 9.90. The molecule has 1 N–H and O–H groups in total. The number of nitrogens with zero attached hydrogens (tertiary/aromatic N) is 1. The van der Waals surface area contributed by atoms with Crippen molar-refractivity contribution >= 4 is 5.91 Å². The number of hydrogen-bond acceptors (Lipinski definition) is 2. The zero-order chi connectivity index (χ0) is 16.9. The molecule has 1 aliphatic rings. The van der Waals surface area contributed by atoms with Crippen LogP contribution in [0.4, 0.5) is 13.2 Å². The molecule has 3 nitrogen and oxygen atoms in total. The molecule has 0 aromatic heterocycles. The minimum absolute atomic E-state index is 0.0203. The Bertz CT molecular complexity index is 531. The van der Waals surface area contributed by atoms with Crippen LogP contribution in [0.25, 0.3) is 0 Å². The van der Waals surface area contributed by atoms with E-state index in [4.69, 9.17) is 0 Å². The fourth-order valence-corrected chi connectivity index (χ4v) is 3.19. The molecule has 1 saturated heterocycles. The van der Waals surface area contributed by atoms with Crippen LogP contribution in [0.1, 0.15) is 30.4 Å². The summed E-state index contributed by atoms with van der Waals surface area (Å²) in [5.41, 5.74) is -0.165. The lowest BCUT2D eigenvalue weighted by Gasteiger charge is -2.32. The number of alkyl halides is 3. The lowest BCUT2D eigenvalue weighted by Crippen LogP contribution is -2.41. The molecule has 0 radical (unpaired) electrons. The predicted molar refractivity (Wildman–Crippen MR) is 83.0 cm³/mol. The van der Waals surface area contributed by atoms with Crippen LogP contribution >= 0.6 is 0 Å². The fraction of sp³-hybridized carbons (Fsp3) is 0.588. The van der Waals surface area contributed by atoms with E-state index in [2.05, 4.69) is 10.2 Å². The number of benzene rings is 1.